The molecule has 36 heavy (non-hydrogen) atoms. The number of methoxy groups -OCH3 is 1. The Kier molecular flexibility index (Phi) is 7.05. The van der Waals surface area contributed by atoms with Crippen LogP contribution in [0.2, 0.25) is 0 Å². The number of benzene rings is 3. The monoisotopic (exact) mass is 497 g/mol. The summed E-state index contributed by atoms with van der Waals surface area (Å²) in [6.07, 6.45) is -3.13. The lowest BCUT2D eigenvalue weighted by molar-refractivity contribution is -0.274. The van der Waals surface area contributed by atoms with Gasteiger partial charge in [0.15, 0.2) is 0 Å². The first-order valence-corrected chi connectivity index (χ1v) is 10.5. The van der Waals surface area contributed by atoms with E-state index in [-0.39, 0.29) is 17.9 Å². The summed E-state index contributed by atoms with van der Waals surface area (Å²) in [5, 5.41) is 3.85. The number of carbonyl (C=O) groups excluding carboxylic acids is 2. The first-order valence-electron chi connectivity index (χ1n) is 10.5. The molecule has 0 spiro atoms. The van der Waals surface area contributed by atoms with Crippen molar-refractivity contribution >= 4 is 23.7 Å². The molecule has 0 amide bonds. The number of ether oxygens (including phenoxy) is 3. The second-order valence-corrected chi connectivity index (χ2v) is 7.50. The van der Waals surface area contributed by atoms with Crippen LogP contribution in [0.25, 0.3) is 6.08 Å². The van der Waals surface area contributed by atoms with Crippen LogP contribution in [0.15, 0.2) is 83.5 Å². The van der Waals surface area contributed by atoms with Crippen molar-refractivity contribution in [3.05, 3.63) is 101 Å². The zero-order valence-corrected chi connectivity index (χ0v) is 18.7. The smallest absolute Gasteiger partial charge is 0.489 e. The average molecular weight is 497 g/mol. The van der Waals surface area contributed by atoms with E-state index in [1.54, 1.807) is 54.6 Å². The fourth-order valence-corrected chi connectivity index (χ4v) is 3.28. The summed E-state index contributed by atoms with van der Waals surface area (Å²) in [6.45, 7) is 0.136. The van der Waals surface area contributed by atoms with E-state index in [0.29, 0.717) is 33.7 Å². The van der Waals surface area contributed by atoms with Gasteiger partial charge in [0, 0.05) is 5.56 Å². The van der Waals surface area contributed by atoms with Gasteiger partial charge in [0.25, 0.3) is 0 Å². The largest absolute Gasteiger partial charge is 0.573 e. The number of nitrogens with zero attached hydrogens (tertiary/aromatic N) is 1. The maximum atomic E-state index is 12.3. The Morgan fingerprint density at radius 2 is 1.58 bits per heavy atom. The van der Waals surface area contributed by atoms with E-state index >= 15 is 0 Å². The van der Waals surface area contributed by atoms with Crippen molar-refractivity contribution in [1.82, 2.24) is 0 Å². The summed E-state index contributed by atoms with van der Waals surface area (Å²) >= 11 is 0. The van der Waals surface area contributed by atoms with Crippen molar-refractivity contribution in [3.8, 4) is 11.5 Å². The molecule has 7 nitrogen and oxygen atoms in total. The maximum Gasteiger partial charge on any atom is 0.573 e. The highest BCUT2D eigenvalue weighted by atomic mass is 19.4. The zero-order valence-electron chi connectivity index (χ0n) is 18.7. The van der Waals surface area contributed by atoms with E-state index in [9.17, 15) is 22.8 Å². The topological polar surface area (TPSA) is 83.4 Å². The molecule has 3 aromatic carbocycles. The third-order valence-electron chi connectivity index (χ3n) is 5.03. The van der Waals surface area contributed by atoms with E-state index in [4.69, 9.17) is 9.57 Å². The molecular formula is C26H18F3NO6. The average Bonchev–Trinajstić information content (AvgIpc) is 3.23. The molecule has 3 aromatic rings. The lowest BCUT2D eigenvalue weighted by Gasteiger charge is -2.10. The summed E-state index contributed by atoms with van der Waals surface area (Å²) < 4.78 is 51.0. The normalized spacial score (nSPS) is 14.3. The van der Waals surface area contributed by atoms with Crippen molar-refractivity contribution in [3.63, 3.8) is 0 Å². The third kappa shape index (κ3) is 6.09. The quantitative estimate of drug-likeness (QED) is 0.250. The summed E-state index contributed by atoms with van der Waals surface area (Å²) in [5.41, 5.74) is 2.86. The minimum atomic E-state index is -4.74. The molecule has 1 heterocycles. The highest BCUT2D eigenvalue weighted by molar-refractivity contribution is 6.31. The van der Waals surface area contributed by atoms with Crippen LogP contribution in [0.3, 0.4) is 0 Å². The maximum absolute atomic E-state index is 12.3. The number of alkyl halides is 3. The van der Waals surface area contributed by atoms with Crippen molar-refractivity contribution in [2.24, 2.45) is 5.16 Å². The van der Waals surface area contributed by atoms with Gasteiger partial charge in [-0.2, -0.15) is 0 Å². The van der Waals surface area contributed by atoms with Gasteiger partial charge in [-0.3, -0.25) is 0 Å². The Labute approximate surface area is 203 Å². The van der Waals surface area contributed by atoms with Gasteiger partial charge in [0.1, 0.15) is 23.8 Å². The predicted molar refractivity (Wildman–Crippen MR) is 122 cm³/mol. The highest BCUT2D eigenvalue weighted by Gasteiger charge is 2.31. The molecular weight excluding hydrogens is 479 g/mol. The Hall–Kier alpha value is -4.60. The van der Waals surface area contributed by atoms with Crippen LogP contribution in [0.4, 0.5) is 13.2 Å². The first-order chi connectivity index (χ1) is 17.2. The molecule has 0 aromatic heterocycles. The van der Waals surface area contributed by atoms with E-state index in [1.807, 2.05) is 0 Å². The molecule has 0 fully saturated rings. The number of rotatable bonds is 7. The number of oxime groups is 1. The van der Waals surface area contributed by atoms with E-state index < -0.39 is 18.3 Å². The minimum absolute atomic E-state index is 0.136. The molecule has 1 aliphatic rings. The van der Waals surface area contributed by atoms with Crippen molar-refractivity contribution in [1.29, 1.82) is 0 Å². The summed E-state index contributed by atoms with van der Waals surface area (Å²) in [7, 11) is 1.29. The van der Waals surface area contributed by atoms with Gasteiger partial charge in [-0.1, -0.05) is 41.6 Å². The molecule has 10 heteroatoms. The molecule has 0 unspecified atom stereocenters. The molecule has 4 rings (SSSR count). The SMILES string of the molecule is COC(=O)c1ccc(C2=NOC(=O)/C2=C\c2ccc(OCc3ccc(OC(F)(F)F)cc3)cc2)cc1. The fraction of sp³-hybridized carbons (Fsp3) is 0.115. The molecule has 0 bridgehead atoms. The predicted octanol–water partition coefficient (Wildman–Crippen LogP) is 5.30. The molecule has 0 aliphatic carbocycles. The van der Waals surface area contributed by atoms with Gasteiger partial charge in [0.2, 0.25) is 0 Å². The van der Waals surface area contributed by atoms with E-state index in [0.717, 1.165) is 0 Å². The second-order valence-electron chi connectivity index (χ2n) is 7.50. The molecule has 184 valence electrons. The number of hydrogen-bond donors (Lipinski definition) is 0. The van der Waals surface area contributed by atoms with Crippen molar-refractivity contribution in [2.45, 2.75) is 13.0 Å². The Morgan fingerprint density at radius 3 is 2.19 bits per heavy atom. The van der Waals surface area contributed by atoms with Gasteiger partial charge in [-0.25, -0.2) is 9.59 Å². The van der Waals surface area contributed by atoms with Crippen LogP contribution in [0.1, 0.15) is 27.0 Å². The van der Waals surface area contributed by atoms with Gasteiger partial charge in [-0.05, 0) is 53.6 Å². The van der Waals surface area contributed by atoms with Crippen LogP contribution in [-0.4, -0.2) is 31.1 Å². The summed E-state index contributed by atoms with van der Waals surface area (Å²) in [6, 6.07) is 18.6. The first kappa shape index (κ1) is 24.5. The van der Waals surface area contributed by atoms with Gasteiger partial charge in [-0.15, -0.1) is 13.2 Å². The number of carbonyl (C=O) groups is 2. The molecule has 0 saturated heterocycles. The Bertz CT molecular complexity index is 1310. The number of esters is 1. The summed E-state index contributed by atoms with van der Waals surface area (Å²) in [5.74, 6) is -0.876. The Balaban J connectivity index is 1.41. The summed E-state index contributed by atoms with van der Waals surface area (Å²) in [4.78, 5) is 28.7. The van der Waals surface area contributed by atoms with Crippen molar-refractivity contribution < 1.29 is 41.8 Å². The van der Waals surface area contributed by atoms with Gasteiger partial charge < -0.3 is 19.0 Å². The standard InChI is InChI=1S/C26H18F3NO6/c1-33-24(31)19-8-6-18(7-9-19)23-22(25(32)36-30-23)14-16-2-10-20(11-3-16)34-15-17-4-12-21(13-5-17)35-26(27,28)29/h2-14H,15H2,1H3/b22-14-. The third-order valence-corrected chi connectivity index (χ3v) is 5.03. The zero-order chi connectivity index (χ0) is 25.7. The Morgan fingerprint density at radius 1 is 0.944 bits per heavy atom. The van der Waals surface area contributed by atoms with Gasteiger partial charge in [0.05, 0.1) is 18.2 Å². The van der Waals surface area contributed by atoms with Crippen LogP contribution < -0.4 is 9.47 Å². The highest BCUT2D eigenvalue weighted by Crippen LogP contribution is 2.25. The van der Waals surface area contributed by atoms with Gasteiger partial charge >= 0.3 is 18.3 Å². The van der Waals surface area contributed by atoms with Crippen molar-refractivity contribution in [2.75, 3.05) is 7.11 Å². The lowest BCUT2D eigenvalue weighted by Crippen LogP contribution is -2.17. The second kappa shape index (κ2) is 10.3. The van der Waals surface area contributed by atoms with Crippen LogP contribution in [-0.2, 0) is 21.0 Å². The molecule has 0 atom stereocenters. The number of halogens is 3. The molecule has 1 aliphatic heterocycles. The molecule has 0 saturated carbocycles. The number of hydrogen-bond acceptors (Lipinski definition) is 7. The fourth-order valence-electron chi connectivity index (χ4n) is 3.28. The van der Waals surface area contributed by atoms with Crippen LogP contribution in [0, 0.1) is 0 Å². The lowest BCUT2D eigenvalue weighted by atomic mass is 9.99. The molecule has 0 N–H and O–H groups in total. The van der Waals surface area contributed by atoms with Crippen LogP contribution in [0.5, 0.6) is 11.5 Å². The van der Waals surface area contributed by atoms with E-state index in [1.165, 1.54) is 31.4 Å². The molecule has 0 radical (unpaired) electrons. The van der Waals surface area contributed by atoms with Crippen LogP contribution >= 0.6 is 0 Å². The minimum Gasteiger partial charge on any atom is -0.489 e. The van der Waals surface area contributed by atoms with E-state index in [2.05, 4.69) is 14.6 Å².